The van der Waals surface area contributed by atoms with Crippen LogP contribution in [0.15, 0.2) is 152 Å². The Morgan fingerprint density at radius 2 is 1.16 bits per heavy atom. The van der Waals surface area contributed by atoms with E-state index in [0.717, 1.165) is 66.5 Å². The van der Waals surface area contributed by atoms with Gasteiger partial charge in [-0.1, -0.05) is 91.0 Å². The number of nitrogens with zero attached hydrogens (tertiary/aromatic N) is 5. The van der Waals surface area contributed by atoms with Crippen LogP contribution in [0, 0.1) is 29.2 Å². The number of para-hydroxylation sites is 3. The summed E-state index contributed by atoms with van der Waals surface area (Å²) >= 11 is 0. The normalized spacial score (nSPS) is 11.1. The average Bonchev–Trinajstić information content (AvgIpc) is 3.69. The Morgan fingerprint density at radius 3 is 1.88 bits per heavy atom. The maximum Gasteiger partial charge on any atom is 0.189 e. The molecule has 2 heterocycles. The summed E-state index contributed by atoms with van der Waals surface area (Å²) in [5.74, 6) is 0. The molecule has 0 bridgehead atoms. The molecule has 0 atom stereocenters. The quantitative estimate of drug-likeness (QED) is 0.181. The van der Waals surface area contributed by atoms with Gasteiger partial charge in [-0.3, -0.25) is 0 Å². The minimum Gasteiger partial charge on any atom is -0.310 e. The Labute approximate surface area is 288 Å². The van der Waals surface area contributed by atoms with Gasteiger partial charge in [-0.2, -0.15) is 10.5 Å². The maximum absolute atomic E-state index is 10.4. The van der Waals surface area contributed by atoms with Crippen molar-refractivity contribution in [2.24, 2.45) is 0 Å². The maximum atomic E-state index is 10.4. The Bertz CT molecular complexity index is 2900. The van der Waals surface area contributed by atoms with E-state index in [1.807, 2.05) is 60.7 Å². The van der Waals surface area contributed by atoms with E-state index >= 15 is 0 Å². The molecular formula is C45H25N5. The zero-order valence-corrected chi connectivity index (χ0v) is 26.7. The lowest BCUT2D eigenvalue weighted by atomic mass is 9.90. The van der Waals surface area contributed by atoms with Gasteiger partial charge in [0, 0.05) is 43.9 Å². The largest absolute Gasteiger partial charge is 0.310 e. The Morgan fingerprint density at radius 1 is 0.500 bits per heavy atom. The number of rotatable bonds is 4. The highest BCUT2D eigenvalue weighted by Gasteiger charge is 2.20. The molecule has 0 aliphatic rings. The second-order valence-corrected chi connectivity index (χ2v) is 12.3. The molecule has 9 aromatic rings. The lowest BCUT2D eigenvalue weighted by molar-refractivity contribution is 1.18. The molecule has 0 aliphatic heterocycles. The van der Waals surface area contributed by atoms with Crippen LogP contribution in [0.1, 0.15) is 11.1 Å². The fraction of sp³-hybridized carbons (Fsp3) is 0. The minimum atomic E-state index is 0.537. The van der Waals surface area contributed by atoms with Crippen LogP contribution in [0.2, 0.25) is 0 Å². The van der Waals surface area contributed by atoms with Crippen molar-refractivity contribution in [2.75, 3.05) is 0 Å². The molecule has 0 saturated heterocycles. The van der Waals surface area contributed by atoms with Crippen molar-refractivity contribution in [3.8, 4) is 45.8 Å². The Hall–Kier alpha value is -7.39. The van der Waals surface area contributed by atoms with Crippen molar-refractivity contribution < 1.29 is 0 Å². The highest BCUT2D eigenvalue weighted by molar-refractivity contribution is 6.11. The fourth-order valence-corrected chi connectivity index (χ4v) is 7.46. The van der Waals surface area contributed by atoms with Crippen LogP contribution in [0.4, 0.5) is 5.69 Å². The van der Waals surface area contributed by atoms with Crippen molar-refractivity contribution in [1.29, 1.82) is 10.5 Å². The molecule has 50 heavy (non-hydrogen) atoms. The highest BCUT2D eigenvalue weighted by Crippen LogP contribution is 2.42. The first-order valence-corrected chi connectivity index (χ1v) is 16.3. The van der Waals surface area contributed by atoms with Gasteiger partial charge in [0.05, 0.1) is 52.1 Å². The number of aromatic nitrogens is 2. The van der Waals surface area contributed by atoms with Crippen LogP contribution in [0.3, 0.4) is 0 Å². The summed E-state index contributed by atoms with van der Waals surface area (Å²) in [4.78, 5) is 3.72. The van der Waals surface area contributed by atoms with Gasteiger partial charge < -0.3 is 9.13 Å². The monoisotopic (exact) mass is 635 g/mol. The number of fused-ring (bicyclic) bond motifs is 6. The number of benzene rings is 7. The second kappa shape index (κ2) is 11.4. The molecule has 0 aliphatic carbocycles. The van der Waals surface area contributed by atoms with Gasteiger partial charge in [0.15, 0.2) is 5.69 Å². The second-order valence-electron chi connectivity index (χ2n) is 12.3. The predicted octanol–water partition coefficient (Wildman–Crippen LogP) is 11.5. The van der Waals surface area contributed by atoms with Gasteiger partial charge in [-0.15, -0.1) is 0 Å². The lowest BCUT2D eigenvalue weighted by Gasteiger charge is -2.18. The van der Waals surface area contributed by atoms with Crippen molar-refractivity contribution in [2.45, 2.75) is 0 Å². The Balaban J connectivity index is 1.26. The van der Waals surface area contributed by atoms with Gasteiger partial charge >= 0.3 is 0 Å². The van der Waals surface area contributed by atoms with Gasteiger partial charge in [0.1, 0.15) is 0 Å². The molecule has 0 saturated carbocycles. The van der Waals surface area contributed by atoms with Crippen LogP contribution in [-0.4, -0.2) is 9.13 Å². The third kappa shape index (κ3) is 4.31. The first-order valence-electron chi connectivity index (χ1n) is 16.3. The molecule has 230 valence electrons. The molecule has 5 heteroatoms. The van der Waals surface area contributed by atoms with Crippen LogP contribution in [0.25, 0.3) is 82.1 Å². The summed E-state index contributed by atoms with van der Waals surface area (Å²) in [7, 11) is 0. The Kier molecular flexibility index (Phi) is 6.56. The first kappa shape index (κ1) is 28.8. The summed E-state index contributed by atoms with van der Waals surface area (Å²) in [6, 6.07) is 55.6. The van der Waals surface area contributed by atoms with E-state index in [2.05, 4.69) is 117 Å². The molecule has 0 fully saturated rings. The first-order chi connectivity index (χ1) is 24.7. The average molecular weight is 636 g/mol. The summed E-state index contributed by atoms with van der Waals surface area (Å²) in [5, 5.41) is 24.4. The van der Waals surface area contributed by atoms with Gasteiger partial charge in [0.25, 0.3) is 0 Å². The predicted molar refractivity (Wildman–Crippen MR) is 202 cm³/mol. The van der Waals surface area contributed by atoms with Crippen LogP contribution >= 0.6 is 0 Å². The van der Waals surface area contributed by atoms with E-state index in [4.69, 9.17) is 6.57 Å². The number of hydrogen-bond donors (Lipinski definition) is 0. The van der Waals surface area contributed by atoms with Crippen LogP contribution in [-0.2, 0) is 0 Å². The van der Waals surface area contributed by atoms with E-state index in [1.165, 1.54) is 10.8 Å². The lowest BCUT2D eigenvalue weighted by Crippen LogP contribution is -1.99. The summed E-state index contributed by atoms with van der Waals surface area (Å²) in [6.45, 7) is 7.72. The van der Waals surface area contributed by atoms with E-state index in [9.17, 15) is 10.5 Å². The highest BCUT2D eigenvalue weighted by atomic mass is 15.0. The summed E-state index contributed by atoms with van der Waals surface area (Å²) in [6.07, 6.45) is 0. The molecule has 5 nitrogen and oxygen atoms in total. The zero-order chi connectivity index (χ0) is 33.8. The van der Waals surface area contributed by atoms with Crippen LogP contribution in [0.5, 0.6) is 0 Å². The smallest absolute Gasteiger partial charge is 0.189 e. The van der Waals surface area contributed by atoms with E-state index < -0.39 is 0 Å². The molecule has 0 amide bonds. The number of hydrogen-bond acceptors (Lipinski definition) is 2. The van der Waals surface area contributed by atoms with Gasteiger partial charge in [-0.05, 0) is 71.8 Å². The third-order valence-electron chi connectivity index (χ3n) is 9.62. The minimum absolute atomic E-state index is 0.537. The van der Waals surface area contributed by atoms with Crippen molar-refractivity contribution in [3.05, 3.63) is 174 Å². The molecule has 2 aromatic heterocycles. The fourth-order valence-electron chi connectivity index (χ4n) is 7.46. The van der Waals surface area contributed by atoms with E-state index in [1.54, 1.807) is 0 Å². The topological polar surface area (TPSA) is 61.8 Å². The van der Waals surface area contributed by atoms with Crippen LogP contribution < -0.4 is 0 Å². The zero-order valence-electron chi connectivity index (χ0n) is 26.7. The van der Waals surface area contributed by atoms with Gasteiger partial charge in [0.2, 0.25) is 0 Å². The molecule has 9 rings (SSSR count). The van der Waals surface area contributed by atoms with E-state index in [0.29, 0.717) is 16.8 Å². The van der Waals surface area contributed by atoms with Crippen molar-refractivity contribution in [3.63, 3.8) is 0 Å². The molecular weight excluding hydrogens is 611 g/mol. The number of nitriles is 2. The molecule has 0 radical (unpaired) electrons. The standard InChI is InChI=1S/C45H25N5/c1-48-32-20-23-37-39-25-29(27-46)17-24-43(39)50(44(37)26-32)42-16-7-4-12-36(42)38-13-8-9-31(28-47)45(38)30-18-21-33(22-19-30)49-40-14-5-2-10-34(40)35-11-3-6-15-41(35)49/h2-26H. The SMILES string of the molecule is [C-]#[N+]c1ccc2c3cc(C#N)ccc3n(-c3ccccc3-c3cccc(C#N)c3-c3ccc(-n4c5ccccc5c5ccccc54)cc3)c2c1. The van der Waals surface area contributed by atoms with E-state index in [-0.39, 0.29) is 0 Å². The molecule has 0 spiro atoms. The molecule has 7 aromatic carbocycles. The van der Waals surface area contributed by atoms with Crippen molar-refractivity contribution in [1.82, 2.24) is 9.13 Å². The van der Waals surface area contributed by atoms with Crippen molar-refractivity contribution >= 4 is 49.3 Å². The molecule has 0 N–H and O–H groups in total. The molecule has 0 unspecified atom stereocenters. The third-order valence-corrected chi connectivity index (χ3v) is 9.62. The summed E-state index contributed by atoms with van der Waals surface area (Å²) in [5.41, 5.74) is 11.4. The summed E-state index contributed by atoms with van der Waals surface area (Å²) < 4.78 is 4.46. The van der Waals surface area contributed by atoms with Gasteiger partial charge in [-0.25, -0.2) is 4.85 Å².